The molecule has 1 atom stereocenters. The Balaban J connectivity index is 1.33. The minimum absolute atomic E-state index is 0.127. The Morgan fingerprint density at radius 3 is 2.23 bits per heavy atom. The van der Waals surface area contributed by atoms with Crippen molar-refractivity contribution in [3.63, 3.8) is 0 Å². The average molecular weight is 402 g/mol. The molecule has 2 fully saturated rings. The number of nitrogens with one attached hydrogen (secondary N) is 1. The van der Waals surface area contributed by atoms with Crippen molar-refractivity contribution in [1.29, 1.82) is 0 Å². The Morgan fingerprint density at radius 1 is 0.867 bits per heavy atom. The average Bonchev–Trinajstić information content (AvgIpc) is 3.10. The van der Waals surface area contributed by atoms with Gasteiger partial charge in [-0.1, -0.05) is 48.5 Å². The molecule has 1 aliphatic carbocycles. The number of carbonyl (C=O) groups excluding carboxylic acids is 2. The van der Waals surface area contributed by atoms with Crippen LogP contribution in [0.2, 0.25) is 0 Å². The topological polar surface area (TPSA) is 52.7 Å². The van der Waals surface area contributed by atoms with E-state index in [4.69, 9.17) is 0 Å². The number of ketones is 1. The van der Waals surface area contributed by atoms with Gasteiger partial charge in [0.15, 0.2) is 5.78 Å². The lowest BCUT2D eigenvalue weighted by molar-refractivity contribution is -0.125. The van der Waals surface area contributed by atoms with Crippen LogP contribution >= 0.6 is 0 Å². The summed E-state index contributed by atoms with van der Waals surface area (Å²) < 4.78 is 0. The van der Waals surface area contributed by atoms with Crippen LogP contribution in [0.3, 0.4) is 0 Å². The SMILES string of the molecule is O=C1C=C(N2CCC3(CC2)C(=O)NCN3c2ccccc2)CC(c2ccccc2)C1. The summed E-state index contributed by atoms with van der Waals surface area (Å²) in [5.74, 6) is 0.571. The van der Waals surface area contributed by atoms with Crippen molar-refractivity contribution in [2.24, 2.45) is 0 Å². The number of nitrogens with zero attached hydrogens (tertiary/aromatic N) is 2. The maximum atomic E-state index is 12.9. The maximum Gasteiger partial charge on any atom is 0.247 e. The fourth-order valence-electron chi connectivity index (χ4n) is 5.25. The van der Waals surface area contributed by atoms with Gasteiger partial charge in [0.25, 0.3) is 0 Å². The van der Waals surface area contributed by atoms with E-state index in [1.165, 1.54) is 5.56 Å². The second-order valence-electron chi connectivity index (χ2n) is 8.56. The number of hydrogen-bond donors (Lipinski definition) is 1. The molecule has 2 saturated heterocycles. The lowest BCUT2D eigenvalue weighted by Gasteiger charge is -2.45. The number of hydrogen-bond acceptors (Lipinski definition) is 4. The highest BCUT2D eigenvalue weighted by molar-refractivity contribution is 5.94. The molecule has 0 aromatic heterocycles. The van der Waals surface area contributed by atoms with E-state index >= 15 is 0 Å². The summed E-state index contributed by atoms with van der Waals surface area (Å²) in [4.78, 5) is 29.9. The first-order chi connectivity index (χ1) is 14.7. The van der Waals surface area contributed by atoms with E-state index in [9.17, 15) is 9.59 Å². The van der Waals surface area contributed by atoms with Crippen molar-refractivity contribution in [3.05, 3.63) is 78.0 Å². The van der Waals surface area contributed by atoms with Crippen LogP contribution in [-0.4, -0.2) is 41.9 Å². The van der Waals surface area contributed by atoms with Crippen molar-refractivity contribution in [3.8, 4) is 0 Å². The van der Waals surface area contributed by atoms with Crippen molar-refractivity contribution in [2.75, 3.05) is 24.7 Å². The van der Waals surface area contributed by atoms with Crippen LogP contribution in [0.25, 0.3) is 0 Å². The zero-order chi connectivity index (χ0) is 20.6. The molecule has 30 heavy (non-hydrogen) atoms. The fourth-order valence-corrected chi connectivity index (χ4v) is 5.25. The number of rotatable bonds is 3. The minimum Gasteiger partial charge on any atom is -0.374 e. The Labute approximate surface area is 177 Å². The smallest absolute Gasteiger partial charge is 0.247 e. The molecule has 5 nitrogen and oxygen atoms in total. The molecule has 5 heteroatoms. The quantitative estimate of drug-likeness (QED) is 0.856. The van der Waals surface area contributed by atoms with E-state index in [2.05, 4.69) is 39.4 Å². The molecule has 0 radical (unpaired) electrons. The zero-order valence-electron chi connectivity index (χ0n) is 17.1. The van der Waals surface area contributed by atoms with Gasteiger partial charge in [0.1, 0.15) is 5.54 Å². The molecule has 1 amide bonds. The molecule has 2 aliphatic heterocycles. The summed E-state index contributed by atoms with van der Waals surface area (Å²) in [6.07, 6.45) is 4.82. The van der Waals surface area contributed by atoms with Crippen molar-refractivity contribution >= 4 is 17.4 Å². The second kappa shape index (κ2) is 7.63. The highest BCUT2D eigenvalue weighted by atomic mass is 16.2. The van der Waals surface area contributed by atoms with E-state index in [0.29, 0.717) is 13.1 Å². The van der Waals surface area contributed by atoms with E-state index in [1.54, 1.807) is 0 Å². The molecule has 3 aliphatic rings. The van der Waals surface area contributed by atoms with Gasteiger partial charge in [-0.15, -0.1) is 0 Å². The third-order valence-electron chi connectivity index (χ3n) is 6.90. The van der Waals surface area contributed by atoms with Crippen molar-refractivity contribution < 1.29 is 9.59 Å². The molecule has 2 aromatic carbocycles. The Kier molecular flexibility index (Phi) is 4.81. The van der Waals surface area contributed by atoms with Crippen LogP contribution in [0.15, 0.2) is 72.4 Å². The molecule has 1 N–H and O–H groups in total. The van der Waals surface area contributed by atoms with E-state index in [1.807, 2.05) is 42.5 Å². The molecule has 2 heterocycles. The first kappa shape index (κ1) is 18.9. The molecule has 1 spiro atoms. The number of benzene rings is 2. The van der Waals surface area contributed by atoms with Gasteiger partial charge in [0, 0.05) is 37.0 Å². The van der Waals surface area contributed by atoms with Gasteiger partial charge in [-0.25, -0.2) is 0 Å². The summed E-state index contributed by atoms with van der Waals surface area (Å²) in [6.45, 7) is 2.13. The van der Waals surface area contributed by atoms with Gasteiger partial charge in [-0.2, -0.15) is 0 Å². The van der Waals surface area contributed by atoms with E-state index in [-0.39, 0.29) is 17.6 Å². The highest BCUT2D eigenvalue weighted by Crippen LogP contribution is 2.39. The number of likely N-dealkylation sites (tertiary alicyclic amines) is 1. The van der Waals surface area contributed by atoms with Crippen LogP contribution in [0.4, 0.5) is 5.69 Å². The van der Waals surface area contributed by atoms with E-state index in [0.717, 1.165) is 43.7 Å². The predicted octanol–water partition coefficient (Wildman–Crippen LogP) is 3.45. The largest absolute Gasteiger partial charge is 0.374 e. The van der Waals surface area contributed by atoms with Gasteiger partial charge in [0.2, 0.25) is 5.91 Å². The number of carbonyl (C=O) groups is 2. The number of piperidine rings is 1. The molecule has 1 unspecified atom stereocenters. The molecule has 0 bridgehead atoms. The van der Waals surface area contributed by atoms with Gasteiger partial charge in [0.05, 0.1) is 6.67 Å². The number of allylic oxidation sites excluding steroid dienone is 2. The van der Waals surface area contributed by atoms with Crippen LogP contribution in [0.1, 0.15) is 37.2 Å². The molecule has 0 saturated carbocycles. The summed E-state index contributed by atoms with van der Waals surface area (Å²) >= 11 is 0. The molecule has 2 aromatic rings. The number of amides is 1. The van der Waals surface area contributed by atoms with Crippen LogP contribution in [0.5, 0.6) is 0 Å². The van der Waals surface area contributed by atoms with Gasteiger partial charge >= 0.3 is 0 Å². The fraction of sp³-hybridized carbons (Fsp3) is 0.360. The maximum absolute atomic E-state index is 12.9. The number of para-hydroxylation sites is 1. The van der Waals surface area contributed by atoms with E-state index < -0.39 is 5.54 Å². The standard InChI is InChI=1S/C25H27N3O2/c29-23-16-20(19-7-3-1-4-8-19)15-22(17-23)27-13-11-25(12-14-27)24(30)26-18-28(25)21-9-5-2-6-10-21/h1-10,17,20H,11-16,18H2,(H,26,30). The first-order valence-corrected chi connectivity index (χ1v) is 10.8. The van der Waals surface area contributed by atoms with Crippen LogP contribution in [0, 0.1) is 0 Å². The third-order valence-corrected chi connectivity index (χ3v) is 6.90. The Morgan fingerprint density at radius 2 is 1.53 bits per heavy atom. The van der Waals surface area contributed by atoms with Gasteiger partial charge < -0.3 is 15.1 Å². The number of anilines is 1. The molecular formula is C25H27N3O2. The van der Waals surface area contributed by atoms with Gasteiger partial charge in [-0.05, 0) is 42.9 Å². The van der Waals surface area contributed by atoms with Crippen molar-refractivity contribution in [1.82, 2.24) is 10.2 Å². The van der Waals surface area contributed by atoms with Crippen LogP contribution < -0.4 is 10.2 Å². The second-order valence-corrected chi connectivity index (χ2v) is 8.56. The molecule has 5 rings (SSSR count). The molecular weight excluding hydrogens is 374 g/mol. The van der Waals surface area contributed by atoms with Gasteiger partial charge in [-0.3, -0.25) is 9.59 Å². The highest BCUT2D eigenvalue weighted by Gasteiger charge is 2.50. The lowest BCUT2D eigenvalue weighted by atomic mass is 9.82. The summed E-state index contributed by atoms with van der Waals surface area (Å²) in [6, 6.07) is 20.5. The minimum atomic E-state index is -0.490. The summed E-state index contributed by atoms with van der Waals surface area (Å²) in [5.41, 5.74) is 2.95. The normalized spacial score (nSPS) is 23.5. The monoisotopic (exact) mass is 401 g/mol. The Bertz CT molecular complexity index is 962. The van der Waals surface area contributed by atoms with Crippen molar-refractivity contribution in [2.45, 2.75) is 37.1 Å². The predicted molar refractivity (Wildman–Crippen MR) is 117 cm³/mol. The Hall–Kier alpha value is -3.08. The first-order valence-electron chi connectivity index (χ1n) is 10.8. The summed E-state index contributed by atoms with van der Waals surface area (Å²) in [7, 11) is 0. The third kappa shape index (κ3) is 3.28. The molecule has 154 valence electrons. The summed E-state index contributed by atoms with van der Waals surface area (Å²) in [5, 5.41) is 3.06. The van der Waals surface area contributed by atoms with Crippen LogP contribution in [-0.2, 0) is 9.59 Å². The lowest BCUT2D eigenvalue weighted by Crippen LogP contribution is -2.56. The zero-order valence-corrected chi connectivity index (χ0v) is 17.1.